The quantitative estimate of drug-likeness (QED) is 0.636. The van der Waals surface area contributed by atoms with Crippen LogP contribution >= 0.6 is 0 Å². The number of likely N-dealkylation sites (N-methyl/N-ethyl adjacent to an activating group) is 1. The Hall–Kier alpha value is -2.06. The molecule has 0 radical (unpaired) electrons. The third kappa shape index (κ3) is 3.32. The van der Waals surface area contributed by atoms with E-state index in [0.717, 1.165) is 29.8 Å². The first kappa shape index (κ1) is 15.8. The van der Waals surface area contributed by atoms with E-state index in [1.54, 1.807) is 0 Å². The number of fused-ring (bicyclic) bond motifs is 3. The molecule has 2 heteroatoms. The molecule has 0 saturated carbocycles. The molecule has 3 rings (SSSR count). The Kier molecular flexibility index (Phi) is 4.27. The molecule has 0 spiro atoms. The Morgan fingerprint density at radius 1 is 1.04 bits per heavy atom. The van der Waals surface area contributed by atoms with Crippen molar-refractivity contribution in [3.63, 3.8) is 0 Å². The highest BCUT2D eigenvalue weighted by Gasteiger charge is 2.23. The van der Waals surface area contributed by atoms with Crippen LogP contribution in [0.1, 0.15) is 23.6 Å². The molecular formula is C21H26NO+. The van der Waals surface area contributed by atoms with Gasteiger partial charge in [-0.15, -0.1) is 0 Å². The Labute approximate surface area is 139 Å². The third-order valence-electron chi connectivity index (χ3n) is 4.32. The second-order valence-electron chi connectivity index (χ2n) is 7.21. The van der Waals surface area contributed by atoms with Gasteiger partial charge in [-0.25, -0.2) is 0 Å². The number of benzene rings is 2. The lowest BCUT2D eigenvalue weighted by atomic mass is 10.0. The summed E-state index contributed by atoms with van der Waals surface area (Å²) in [5.41, 5.74) is 6.60. The maximum Gasteiger partial charge on any atom is 0.137 e. The summed E-state index contributed by atoms with van der Waals surface area (Å²) in [5.74, 6) is 1.06. The molecule has 120 valence electrons. The number of hydrogen-bond donors (Lipinski definition) is 0. The van der Waals surface area contributed by atoms with Crippen LogP contribution in [0.5, 0.6) is 5.75 Å². The summed E-state index contributed by atoms with van der Waals surface area (Å²) in [4.78, 5) is 0. The maximum atomic E-state index is 6.27. The average Bonchev–Trinajstić information content (AvgIpc) is 2.87. The number of hydrogen-bond acceptors (Lipinski definition) is 1. The van der Waals surface area contributed by atoms with Crippen LogP contribution in [0.2, 0.25) is 0 Å². The van der Waals surface area contributed by atoms with E-state index in [1.807, 2.05) is 0 Å². The zero-order valence-electron chi connectivity index (χ0n) is 14.6. The molecule has 2 aromatic rings. The molecule has 2 nitrogen and oxygen atoms in total. The second-order valence-corrected chi connectivity index (χ2v) is 7.21. The SMILES string of the molecule is CC=Cc1ccc2c(c1OCC[N+](C)(C)C)Cc1ccccc1-2. The van der Waals surface area contributed by atoms with E-state index < -0.39 is 0 Å². The van der Waals surface area contributed by atoms with Crippen molar-refractivity contribution in [1.29, 1.82) is 0 Å². The monoisotopic (exact) mass is 308 g/mol. The van der Waals surface area contributed by atoms with Gasteiger partial charge >= 0.3 is 0 Å². The van der Waals surface area contributed by atoms with Crippen LogP contribution in [-0.2, 0) is 6.42 Å². The molecule has 2 aromatic carbocycles. The first-order valence-corrected chi connectivity index (χ1v) is 8.30. The van der Waals surface area contributed by atoms with Crippen molar-refractivity contribution in [2.75, 3.05) is 34.3 Å². The van der Waals surface area contributed by atoms with E-state index in [2.05, 4.69) is 76.6 Å². The van der Waals surface area contributed by atoms with E-state index in [-0.39, 0.29) is 0 Å². The molecule has 0 atom stereocenters. The maximum absolute atomic E-state index is 6.27. The Morgan fingerprint density at radius 3 is 2.57 bits per heavy atom. The lowest BCUT2D eigenvalue weighted by Crippen LogP contribution is -2.38. The summed E-state index contributed by atoms with van der Waals surface area (Å²) < 4.78 is 7.18. The predicted octanol–water partition coefficient (Wildman–Crippen LogP) is 4.38. The molecule has 0 heterocycles. The van der Waals surface area contributed by atoms with Gasteiger partial charge in [0.25, 0.3) is 0 Å². The summed E-state index contributed by atoms with van der Waals surface area (Å²) in [7, 11) is 6.59. The largest absolute Gasteiger partial charge is 0.487 e. The number of rotatable bonds is 5. The number of nitrogens with zero attached hydrogens (tertiary/aromatic N) is 1. The van der Waals surface area contributed by atoms with Gasteiger partial charge in [-0.2, -0.15) is 0 Å². The molecule has 0 fully saturated rings. The van der Waals surface area contributed by atoms with Gasteiger partial charge in [0.2, 0.25) is 0 Å². The van der Waals surface area contributed by atoms with Gasteiger partial charge in [0.15, 0.2) is 0 Å². The lowest BCUT2D eigenvalue weighted by molar-refractivity contribution is -0.870. The third-order valence-corrected chi connectivity index (χ3v) is 4.32. The number of allylic oxidation sites excluding steroid dienone is 1. The van der Waals surface area contributed by atoms with Crippen molar-refractivity contribution in [3.8, 4) is 16.9 Å². The molecule has 0 aromatic heterocycles. The molecule has 0 aliphatic heterocycles. The molecule has 0 unspecified atom stereocenters. The van der Waals surface area contributed by atoms with Crippen LogP contribution in [0.4, 0.5) is 0 Å². The fourth-order valence-electron chi connectivity index (χ4n) is 3.10. The van der Waals surface area contributed by atoms with Crippen LogP contribution in [0.3, 0.4) is 0 Å². The van der Waals surface area contributed by atoms with E-state index in [1.165, 1.54) is 27.8 Å². The predicted molar refractivity (Wildman–Crippen MR) is 97.8 cm³/mol. The Balaban J connectivity index is 1.96. The van der Waals surface area contributed by atoms with Crippen molar-refractivity contribution in [1.82, 2.24) is 0 Å². The summed E-state index contributed by atoms with van der Waals surface area (Å²) in [5, 5.41) is 0. The first-order valence-electron chi connectivity index (χ1n) is 8.30. The minimum atomic E-state index is 0.737. The van der Waals surface area contributed by atoms with Crippen LogP contribution < -0.4 is 4.74 Å². The fraction of sp³-hybridized carbons (Fsp3) is 0.333. The van der Waals surface area contributed by atoms with Crippen LogP contribution in [0, 0.1) is 0 Å². The molecule has 0 saturated heterocycles. The number of ether oxygens (including phenoxy) is 1. The summed E-state index contributed by atoms with van der Waals surface area (Å²) in [6.45, 7) is 3.78. The summed E-state index contributed by atoms with van der Waals surface area (Å²) in [6, 6.07) is 13.1. The lowest BCUT2D eigenvalue weighted by Gasteiger charge is -2.24. The van der Waals surface area contributed by atoms with E-state index in [9.17, 15) is 0 Å². The van der Waals surface area contributed by atoms with Gasteiger partial charge < -0.3 is 9.22 Å². The van der Waals surface area contributed by atoms with Crippen molar-refractivity contribution in [2.45, 2.75) is 13.3 Å². The molecule has 0 N–H and O–H groups in total. The minimum Gasteiger partial charge on any atom is -0.487 e. The van der Waals surface area contributed by atoms with Crippen molar-refractivity contribution in [2.24, 2.45) is 0 Å². The zero-order valence-corrected chi connectivity index (χ0v) is 14.6. The molecule has 0 amide bonds. The molecular weight excluding hydrogens is 282 g/mol. The smallest absolute Gasteiger partial charge is 0.137 e. The normalized spacial score (nSPS) is 13.2. The molecule has 0 bridgehead atoms. The van der Waals surface area contributed by atoms with Gasteiger partial charge in [0.05, 0.1) is 21.1 Å². The van der Waals surface area contributed by atoms with Crippen molar-refractivity contribution < 1.29 is 9.22 Å². The van der Waals surface area contributed by atoms with Crippen LogP contribution in [-0.4, -0.2) is 38.8 Å². The van der Waals surface area contributed by atoms with Gasteiger partial charge in [-0.1, -0.05) is 48.6 Å². The minimum absolute atomic E-state index is 0.737. The fourth-order valence-corrected chi connectivity index (χ4v) is 3.10. The van der Waals surface area contributed by atoms with Gasteiger partial charge in [0.1, 0.15) is 18.9 Å². The summed E-state index contributed by atoms with van der Waals surface area (Å²) in [6.07, 6.45) is 5.19. The van der Waals surface area contributed by atoms with Crippen LogP contribution in [0.15, 0.2) is 42.5 Å². The Morgan fingerprint density at radius 2 is 1.83 bits per heavy atom. The van der Waals surface area contributed by atoms with Crippen molar-refractivity contribution >= 4 is 6.08 Å². The van der Waals surface area contributed by atoms with Crippen molar-refractivity contribution in [3.05, 3.63) is 59.2 Å². The van der Waals surface area contributed by atoms with E-state index in [0.29, 0.717) is 0 Å². The van der Waals surface area contributed by atoms with Gasteiger partial charge in [0, 0.05) is 17.5 Å². The second kappa shape index (κ2) is 6.21. The zero-order chi connectivity index (χ0) is 16.4. The highest BCUT2D eigenvalue weighted by Crippen LogP contribution is 2.43. The van der Waals surface area contributed by atoms with E-state index >= 15 is 0 Å². The van der Waals surface area contributed by atoms with E-state index in [4.69, 9.17) is 4.74 Å². The topological polar surface area (TPSA) is 9.23 Å². The Bertz CT molecular complexity index is 738. The summed E-state index contributed by atoms with van der Waals surface area (Å²) >= 11 is 0. The average molecular weight is 308 g/mol. The molecule has 1 aliphatic rings. The van der Waals surface area contributed by atoms with Gasteiger partial charge in [-0.05, 0) is 23.6 Å². The highest BCUT2D eigenvalue weighted by atomic mass is 16.5. The van der Waals surface area contributed by atoms with Gasteiger partial charge in [-0.3, -0.25) is 0 Å². The van der Waals surface area contributed by atoms with Crippen LogP contribution in [0.25, 0.3) is 17.2 Å². The number of quaternary nitrogens is 1. The first-order chi connectivity index (χ1) is 11.0. The molecule has 1 aliphatic carbocycles. The standard InChI is InChI=1S/C21H26NO/c1-5-8-16-11-12-19-18-10-7-6-9-17(18)15-20(19)21(16)23-14-13-22(2,3)4/h5-12H,13-15H2,1-4H3/q+1. The highest BCUT2D eigenvalue weighted by molar-refractivity contribution is 5.81. The molecule has 23 heavy (non-hydrogen) atoms.